The van der Waals surface area contributed by atoms with Crippen LogP contribution in [0, 0.1) is 12.8 Å². The van der Waals surface area contributed by atoms with Crippen molar-refractivity contribution in [2.45, 2.75) is 47.2 Å². The molecule has 2 aromatic rings. The minimum atomic E-state index is 0.600. The number of nitrogens with two attached hydrogens (primary N) is 1. The molecule has 2 heterocycles. The van der Waals surface area contributed by atoms with Crippen LogP contribution in [0.3, 0.4) is 0 Å². The van der Waals surface area contributed by atoms with Gasteiger partial charge in [0.15, 0.2) is 5.65 Å². The Morgan fingerprint density at radius 1 is 1.35 bits per heavy atom. The smallest absolute Gasteiger partial charge is 0.202 e. The number of aryl methyl sites for hydroxylation is 3. The molecule has 5 heteroatoms. The van der Waals surface area contributed by atoms with Gasteiger partial charge in [-0.2, -0.15) is 5.10 Å². The lowest BCUT2D eigenvalue weighted by Crippen LogP contribution is -2.09. The first-order valence-corrected chi connectivity index (χ1v) is 6.23. The third kappa shape index (κ3) is 2.01. The van der Waals surface area contributed by atoms with Gasteiger partial charge in [-0.3, -0.25) is 4.57 Å². The Bertz CT molecular complexity index is 520. The molecule has 17 heavy (non-hydrogen) atoms. The van der Waals surface area contributed by atoms with E-state index in [1.54, 1.807) is 0 Å². The Morgan fingerprint density at radius 3 is 2.65 bits per heavy atom. The third-order valence-electron chi connectivity index (χ3n) is 3.06. The number of hydrogen-bond acceptors (Lipinski definition) is 3. The van der Waals surface area contributed by atoms with Gasteiger partial charge < -0.3 is 5.73 Å². The fourth-order valence-electron chi connectivity index (χ4n) is 2.07. The standard InChI is InChI=1S/C12H21N5/c1-5-17-11-10(9(4)15-17)14-12(13)16(11)7-6-8(2)3/h8H,5-7H2,1-4H3,(H2,13,14). The van der Waals surface area contributed by atoms with Crippen molar-refractivity contribution in [1.29, 1.82) is 0 Å². The molecule has 2 N–H and O–H groups in total. The van der Waals surface area contributed by atoms with Crippen LogP contribution in [-0.2, 0) is 13.1 Å². The highest BCUT2D eigenvalue weighted by Gasteiger charge is 2.16. The first-order chi connectivity index (χ1) is 8.04. The summed E-state index contributed by atoms with van der Waals surface area (Å²) in [6.07, 6.45) is 1.10. The van der Waals surface area contributed by atoms with Crippen LogP contribution in [0.4, 0.5) is 5.95 Å². The number of anilines is 1. The molecule has 5 nitrogen and oxygen atoms in total. The van der Waals surface area contributed by atoms with Crippen molar-refractivity contribution < 1.29 is 0 Å². The molecule has 0 aromatic carbocycles. The molecule has 0 aliphatic carbocycles. The third-order valence-corrected chi connectivity index (χ3v) is 3.06. The quantitative estimate of drug-likeness (QED) is 0.883. The van der Waals surface area contributed by atoms with Crippen molar-refractivity contribution in [3.05, 3.63) is 5.69 Å². The van der Waals surface area contributed by atoms with Crippen molar-refractivity contribution in [3.63, 3.8) is 0 Å². The highest BCUT2D eigenvalue weighted by Crippen LogP contribution is 2.22. The topological polar surface area (TPSA) is 61.7 Å². The highest BCUT2D eigenvalue weighted by atomic mass is 15.4. The van der Waals surface area contributed by atoms with Crippen molar-refractivity contribution in [2.24, 2.45) is 5.92 Å². The number of imidazole rings is 1. The Kier molecular flexibility index (Phi) is 3.09. The van der Waals surface area contributed by atoms with Gasteiger partial charge in [0.05, 0.1) is 5.69 Å². The number of nitrogens with zero attached hydrogens (tertiary/aromatic N) is 4. The molecule has 0 unspecified atom stereocenters. The minimum absolute atomic E-state index is 0.600. The summed E-state index contributed by atoms with van der Waals surface area (Å²) in [5.41, 5.74) is 8.94. The Morgan fingerprint density at radius 2 is 2.06 bits per heavy atom. The molecule has 0 aliphatic heterocycles. The monoisotopic (exact) mass is 235 g/mol. The van der Waals surface area contributed by atoms with Crippen molar-refractivity contribution >= 4 is 17.1 Å². The van der Waals surface area contributed by atoms with Crippen LogP contribution in [0.1, 0.15) is 32.9 Å². The molecule has 2 rings (SSSR count). The van der Waals surface area contributed by atoms with Gasteiger partial charge in [-0.1, -0.05) is 13.8 Å². The van der Waals surface area contributed by atoms with Crippen LogP contribution >= 0.6 is 0 Å². The molecule has 0 spiro atoms. The zero-order valence-electron chi connectivity index (χ0n) is 11.1. The SMILES string of the molecule is CCn1nc(C)c2nc(N)n(CCC(C)C)c21. The van der Waals surface area contributed by atoms with Crippen LogP contribution in [0.2, 0.25) is 0 Å². The van der Waals surface area contributed by atoms with Crippen molar-refractivity contribution in [2.75, 3.05) is 5.73 Å². The van der Waals surface area contributed by atoms with E-state index in [0.29, 0.717) is 11.9 Å². The van der Waals surface area contributed by atoms with E-state index in [1.807, 2.05) is 11.6 Å². The summed E-state index contributed by atoms with van der Waals surface area (Å²) in [5, 5.41) is 4.47. The fourth-order valence-corrected chi connectivity index (χ4v) is 2.07. The molecule has 94 valence electrons. The van der Waals surface area contributed by atoms with Gasteiger partial charge >= 0.3 is 0 Å². The number of aromatic nitrogens is 4. The van der Waals surface area contributed by atoms with E-state index in [-0.39, 0.29) is 0 Å². The Hall–Kier alpha value is -1.52. The summed E-state index contributed by atoms with van der Waals surface area (Å²) < 4.78 is 4.06. The summed E-state index contributed by atoms with van der Waals surface area (Å²) in [5.74, 6) is 1.26. The van der Waals surface area contributed by atoms with Gasteiger partial charge in [0, 0.05) is 13.1 Å². The lowest BCUT2D eigenvalue weighted by Gasteiger charge is -2.09. The first-order valence-electron chi connectivity index (χ1n) is 6.23. The molecule has 0 amide bonds. The van der Waals surface area contributed by atoms with E-state index in [9.17, 15) is 0 Å². The summed E-state index contributed by atoms with van der Waals surface area (Å²) >= 11 is 0. The van der Waals surface area contributed by atoms with E-state index in [4.69, 9.17) is 5.73 Å². The van der Waals surface area contributed by atoms with E-state index in [2.05, 4.69) is 35.4 Å². The van der Waals surface area contributed by atoms with Crippen LogP contribution in [0.25, 0.3) is 11.2 Å². The zero-order valence-corrected chi connectivity index (χ0v) is 11.1. The second-order valence-electron chi connectivity index (χ2n) is 4.88. The number of nitrogen functional groups attached to an aromatic ring is 1. The lowest BCUT2D eigenvalue weighted by molar-refractivity contribution is 0.517. The van der Waals surface area contributed by atoms with Gasteiger partial charge in [0.25, 0.3) is 0 Å². The van der Waals surface area contributed by atoms with Crippen LogP contribution in [0.15, 0.2) is 0 Å². The summed E-state index contributed by atoms with van der Waals surface area (Å²) in [6.45, 7) is 10.2. The van der Waals surface area contributed by atoms with Gasteiger partial charge in [0.1, 0.15) is 5.52 Å². The number of rotatable bonds is 4. The van der Waals surface area contributed by atoms with E-state index >= 15 is 0 Å². The summed E-state index contributed by atoms with van der Waals surface area (Å²) in [7, 11) is 0. The Labute approximate surface area is 102 Å². The lowest BCUT2D eigenvalue weighted by atomic mass is 10.1. The first kappa shape index (κ1) is 12.0. The van der Waals surface area contributed by atoms with Crippen LogP contribution in [0.5, 0.6) is 0 Å². The van der Waals surface area contributed by atoms with E-state index in [1.165, 1.54) is 0 Å². The fraction of sp³-hybridized carbons (Fsp3) is 0.667. The predicted octanol–water partition coefficient (Wildman–Crippen LogP) is 2.19. The molecule has 0 aliphatic rings. The minimum Gasteiger partial charge on any atom is -0.369 e. The van der Waals surface area contributed by atoms with Crippen LogP contribution < -0.4 is 5.73 Å². The zero-order chi connectivity index (χ0) is 12.6. The summed E-state index contributed by atoms with van der Waals surface area (Å²) in [4.78, 5) is 4.42. The van der Waals surface area contributed by atoms with Crippen molar-refractivity contribution in [3.8, 4) is 0 Å². The predicted molar refractivity (Wildman–Crippen MR) is 69.8 cm³/mol. The molecule has 2 aromatic heterocycles. The van der Waals surface area contributed by atoms with E-state index in [0.717, 1.165) is 36.4 Å². The molecule has 0 atom stereocenters. The number of hydrogen-bond donors (Lipinski definition) is 1. The average molecular weight is 235 g/mol. The molecule has 0 radical (unpaired) electrons. The van der Waals surface area contributed by atoms with E-state index < -0.39 is 0 Å². The van der Waals surface area contributed by atoms with Crippen LogP contribution in [-0.4, -0.2) is 19.3 Å². The second-order valence-corrected chi connectivity index (χ2v) is 4.88. The Balaban J connectivity index is 2.49. The van der Waals surface area contributed by atoms with Gasteiger partial charge in [0.2, 0.25) is 5.95 Å². The molecule has 0 fully saturated rings. The summed E-state index contributed by atoms with van der Waals surface area (Å²) in [6, 6.07) is 0. The molecular formula is C12H21N5. The average Bonchev–Trinajstić information content (AvgIpc) is 2.74. The maximum Gasteiger partial charge on any atom is 0.202 e. The normalized spacial score (nSPS) is 11.8. The largest absolute Gasteiger partial charge is 0.369 e. The molecule has 0 saturated heterocycles. The second kappa shape index (κ2) is 4.39. The molecule has 0 saturated carbocycles. The maximum absolute atomic E-state index is 5.99. The molecular weight excluding hydrogens is 214 g/mol. The van der Waals surface area contributed by atoms with Gasteiger partial charge in [-0.25, -0.2) is 9.67 Å². The van der Waals surface area contributed by atoms with Gasteiger partial charge in [-0.05, 0) is 26.2 Å². The van der Waals surface area contributed by atoms with Gasteiger partial charge in [-0.15, -0.1) is 0 Å². The number of fused-ring (bicyclic) bond motifs is 1. The maximum atomic E-state index is 5.99. The van der Waals surface area contributed by atoms with Crippen molar-refractivity contribution in [1.82, 2.24) is 19.3 Å². The molecule has 0 bridgehead atoms. The highest BCUT2D eigenvalue weighted by molar-refractivity contribution is 5.77.